The summed E-state index contributed by atoms with van der Waals surface area (Å²) in [5, 5.41) is 0. The van der Waals surface area contributed by atoms with Crippen LogP contribution in [-0.4, -0.2) is 65.8 Å². The lowest BCUT2D eigenvalue weighted by molar-refractivity contribution is -0.145. The Kier molecular flexibility index (Phi) is 11.2. The molecule has 1 amide bonds. The molecule has 270 valence electrons. The van der Waals surface area contributed by atoms with E-state index in [1.54, 1.807) is 13.1 Å². The number of anilines is 2. The minimum Gasteiger partial charge on any atom is -0.466 e. The fraction of sp³-hybridized carbons (Fsp3) is 0.647. The van der Waals surface area contributed by atoms with E-state index in [-0.39, 0.29) is 24.5 Å². The van der Waals surface area contributed by atoms with Gasteiger partial charge in [0.15, 0.2) is 5.82 Å². The molecule has 1 unspecified atom stereocenters. The number of nitrogens with zero attached hydrogens (tertiary/aromatic N) is 5. The fourth-order valence-corrected chi connectivity index (χ4v) is 7.09. The zero-order valence-corrected chi connectivity index (χ0v) is 27.9. The molecular formula is C34H43F6N5O4. The molecule has 1 saturated carbocycles. The van der Waals surface area contributed by atoms with Crippen LogP contribution in [0.15, 0.2) is 24.4 Å². The first-order valence-corrected chi connectivity index (χ1v) is 17.0. The molecule has 15 heteroatoms. The van der Waals surface area contributed by atoms with Crippen molar-refractivity contribution in [3.63, 3.8) is 0 Å². The summed E-state index contributed by atoms with van der Waals surface area (Å²) in [5.41, 5.74) is -2.87. The number of benzene rings is 1. The minimum absolute atomic E-state index is 0.0562. The van der Waals surface area contributed by atoms with E-state index in [1.807, 2.05) is 6.92 Å². The molecule has 49 heavy (non-hydrogen) atoms. The number of rotatable bonds is 11. The van der Waals surface area contributed by atoms with Gasteiger partial charge in [0.05, 0.1) is 36.5 Å². The van der Waals surface area contributed by atoms with E-state index in [2.05, 4.69) is 9.80 Å². The summed E-state index contributed by atoms with van der Waals surface area (Å²) in [6, 6.07) is 0.354. The van der Waals surface area contributed by atoms with Crippen molar-refractivity contribution in [1.29, 1.82) is 0 Å². The highest BCUT2D eigenvalue weighted by Crippen LogP contribution is 2.41. The highest BCUT2D eigenvalue weighted by atomic mass is 19.4. The summed E-state index contributed by atoms with van der Waals surface area (Å²) in [7, 11) is 0. The van der Waals surface area contributed by atoms with Gasteiger partial charge in [-0.1, -0.05) is 0 Å². The van der Waals surface area contributed by atoms with Crippen molar-refractivity contribution in [3.05, 3.63) is 46.8 Å². The predicted octanol–water partition coefficient (Wildman–Crippen LogP) is 7.78. The molecule has 3 aliphatic rings. The average Bonchev–Trinajstić information content (AvgIpc) is 3.69. The fourth-order valence-electron chi connectivity index (χ4n) is 7.09. The van der Waals surface area contributed by atoms with Crippen LogP contribution in [0.25, 0.3) is 0 Å². The Morgan fingerprint density at radius 1 is 0.980 bits per heavy atom. The van der Waals surface area contributed by atoms with Crippen molar-refractivity contribution in [2.75, 3.05) is 42.6 Å². The summed E-state index contributed by atoms with van der Waals surface area (Å²) < 4.78 is 92.3. The van der Waals surface area contributed by atoms with Gasteiger partial charge in [0.1, 0.15) is 17.6 Å². The SMILES string of the molecule is CCOC(=O)CC1CCC(CN(CC)c2ncc(N3CCCC3)nc2CN2C(=O)OC(c3cc(C(F)(F)F)cc(C(F)(F)F)c3)[C@@H]2C)CC1. The van der Waals surface area contributed by atoms with Gasteiger partial charge in [0.25, 0.3) is 0 Å². The number of cyclic esters (lactones) is 1. The molecular weight excluding hydrogens is 656 g/mol. The van der Waals surface area contributed by atoms with Crippen molar-refractivity contribution in [2.24, 2.45) is 11.8 Å². The first kappa shape index (κ1) is 36.5. The Labute approximate surface area is 281 Å². The highest BCUT2D eigenvalue weighted by molar-refractivity contribution is 5.71. The molecule has 2 aromatic rings. The zero-order chi connectivity index (χ0) is 35.5. The van der Waals surface area contributed by atoms with E-state index in [0.717, 1.165) is 51.6 Å². The maximum absolute atomic E-state index is 13.6. The molecule has 0 N–H and O–H groups in total. The maximum atomic E-state index is 13.6. The third-order valence-electron chi connectivity index (χ3n) is 9.78. The van der Waals surface area contributed by atoms with Crippen LogP contribution in [0.2, 0.25) is 0 Å². The van der Waals surface area contributed by atoms with Crippen molar-refractivity contribution < 1.29 is 45.4 Å². The Morgan fingerprint density at radius 3 is 2.16 bits per heavy atom. The smallest absolute Gasteiger partial charge is 0.416 e. The standard InChI is InChI=1S/C34H43F6N5O4/c1-4-43(19-23-10-8-22(9-11-23)14-29(46)48-5-2)31-27(42-28(18-41-31)44-12-6-7-13-44)20-45-21(3)30(49-32(45)47)24-15-25(33(35,36)37)17-26(16-24)34(38,39)40/h15-18,21-23,30H,4-14,19-20H2,1-3H3/t21-,22?,23?,30?/m0/s1. The molecule has 1 aromatic carbocycles. The number of esters is 1. The van der Waals surface area contributed by atoms with Crippen LogP contribution in [0.3, 0.4) is 0 Å². The van der Waals surface area contributed by atoms with Gasteiger partial charge in [-0.2, -0.15) is 26.3 Å². The molecule has 2 atom stereocenters. The number of hydrogen-bond donors (Lipinski definition) is 0. The summed E-state index contributed by atoms with van der Waals surface area (Å²) in [4.78, 5) is 40.4. The number of amides is 1. The van der Waals surface area contributed by atoms with Gasteiger partial charge in [0.2, 0.25) is 0 Å². The van der Waals surface area contributed by atoms with Crippen LogP contribution < -0.4 is 9.80 Å². The Bertz CT molecular complexity index is 1440. The Balaban J connectivity index is 1.38. The van der Waals surface area contributed by atoms with Crippen LogP contribution in [0.4, 0.5) is 42.8 Å². The minimum atomic E-state index is -5.04. The molecule has 1 aliphatic carbocycles. The number of aromatic nitrogens is 2. The largest absolute Gasteiger partial charge is 0.466 e. The normalized spacial score (nSPS) is 23.2. The number of carbonyl (C=O) groups excluding carboxylic acids is 2. The quantitative estimate of drug-likeness (QED) is 0.174. The molecule has 0 bridgehead atoms. The van der Waals surface area contributed by atoms with Crippen molar-refractivity contribution in [3.8, 4) is 0 Å². The van der Waals surface area contributed by atoms with E-state index >= 15 is 0 Å². The van der Waals surface area contributed by atoms with Crippen LogP contribution >= 0.6 is 0 Å². The summed E-state index contributed by atoms with van der Waals surface area (Å²) in [6.45, 7) is 8.40. The Morgan fingerprint density at radius 2 is 1.59 bits per heavy atom. The van der Waals surface area contributed by atoms with Gasteiger partial charge in [-0.15, -0.1) is 0 Å². The van der Waals surface area contributed by atoms with Crippen LogP contribution in [0.1, 0.15) is 94.2 Å². The van der Waals surface area contributed by atoms with E-state index in [4.69, 9.17) is 19.4 Å². The van der Waals surface area contributed by atoms with Gasteiger partial charge in [0, 0.05) is 32.6 Å². The van der Waals surface area contributed by atoms with Gasteiger partial charge in [-0.3, -0.25) is 9.69 Å². The number of alkyl halides is 6. The second kappa shape index (κ2) is 15.0. The molecule has 0 spiro atoms. The van der Waals surface area contributed by atoms with E-state index in [0.29, 0.717) is 61.5 Å². The Hall–Kier alpha value is -3.78. The lowest BCUT2D eigenvalue weighted by Gasteiger charge is -2.34. The third kappa shape index (κ3) is 8.69. The van der Waals surface area contributed by atoms with E-state index in [1.165, 1.54) is 11.8 Å². The topological polar surface area (TPSA) is 88.1 Å². The van der Waals surface area contributed by atoms with Crippen LogP contribution in [0.5, 0.6) is 0 Å². The van der Waals surface area contributed by atoms with Crippen molar-refractivity contribution in [2.45, 2.75) is 96.8 Å². The maximum Gasteiger partial charge on any atom is 0.416 e. The lowest BCUT2D eigenvalue weighted by Crippen LogP contribution is -2.36. The first-order chi connectivity index (χ1) is 23.2. The zero-order valence-electron chi connectivity index (χ0n) is 27.9. The second-order valence-electron chi connectivity index (χ2n) is 13.1. The molecule has 9 nitrogen and oxygen atoms in total. The van der Waals surface area contributed by atoms with Crippen molar-refractivity contribution in [1.82, 2.24) is 14.9 Å². The third-order valence-corrected chi connectivity index (χ3v) is 9.78. The summed E-state index contributed by atoms with van der Waals surface area (Å²) in [6.07, 6.45) is -4.57. The molecule has 5 rings (SSSR count). The number of halogens is 6. The average molecular weight is 700 g/mol. The molecule has 2 saturated heterocycles. The molecule has 3 fully saturated rings. The van der Waals surface area contributed by atoms with Crippen LogP contribution in [-0.2, 0) is 33.2 Å². The molecule has 1 aromatic heterocycles. The van der Waals surface area contributed by atoms with E-state index in [9.17, 15) is 35.9 Å². The highest BCUT2D eigenvalue weighted by Gasteiger charge is 2.44. The molecule has 3 heterocycles. The number of ether oxygens (including phenoxy) is 2. The second-order valence-corrected chi connectivity index (χ2v) is 13.1. The predicted molar refractivity (Wildman–Crippen MR) is 169 cm³/mol. The van der Waals surface area contributed by atoms with E-state index < -0.39 is 47.3 Å². The van der Waals surface area contributed by atoms with Gasteiger partial charge in [-0.05, 0) is 94.9 Å². The lowest BCUT2D eigenvalue weighted by atomic mass is 9.80. The summed E-state index contributed by atoms with van der Waals surface area (Å²) >= 11 is 0. The number of carbonyl (C=O) groups is 2. The van der Waals surface area contributed by atoms with Crippen LogP contribution in [0, 0.1) is 11.8 Å². The van der Waals surface area contributed by atoms with Gasteiger partial charge >= 0.3 is 24.4 Å². The van der Waals surface area contributed by atoms with Gasteiger partial charge < -0.3 is 19.3 Å². The first-order valence-electron chi connectivity index (χ1n) is 17.0. The molecule has 0 radical (unpaired) electrons. The summed E-state index contributed by atoms with van der Waals surface area (Å²) in [5.74, 6) is 1.62. The molecule has 2 aliphatic heterocycles. The van der Waals surface area contributed by atoms with Crippen molar-refractivity contribution >= 4 is 23.7 Å². The number of hydrogen-bond acceptors (Lipinski definition) is 8. The monoisotopic (exact) mass is 699 g/mol. The van der Waals surface area contributed by atoms with Gasteiger partial charge in [-0.25, -0.2) is 14.8 Å².